The number of allylic oxidation sites excluding steroid dienone is 1. The van der Waals surface area contributed by atoms with Crippen LogP contribution in [-0.4, -0.2) is 12.5 Å². The Bertz CT molecular complexity index is 215. The summed E-state index contributed by atoms with van der Waals surface area (Å²) < 4.78 is 0. The quantitative estimate of drug-likeness (QED) is 0.432. The average molecular weight is 223 g/mol. The van der Waals surface area contributed by atoms with Gasteiger partial charge < -0.3 is 5.32 Å². The van der Waals surface area contributed by atoms with Crippen molar-refractivity contribution in [2.75, 3.05) is 6.54 Å². The lowest BCUT2D eigenvalue weighted by molar-refractivity contribution is -0.122. The van der Waals surface area contributed by atoms with E-state index in [4.69, 9.17) is 0 Å². The van der Waals surface area contributed by atoms with Crippen molar-refractivity contribution in [3.05, 3.63) is 12.2 Å². The second-order valence-corrected chi connectivity index (χ2v) is 4.77. The topological polar surface area (TPSA) is 29.1 Å². The SMILES string of the molecule is C/C=C/CCNC(=O)CC1CCCCCC1. The molecule has 0 spiro atoms. The normalized spacial score (nSPS) is 18.6. The predicted molar refractivity (Wildman–Crippen MR) is 68.2 cm³/mol. The van der Waals surface area contributed by atoms with Gasteiger partial charge in [0.1, 0.15) is 0 Å². The highest BCUT2D eigenvalue weighted by atomic mass is 16.1. The molecule has 1 aliphatic carbocycles. The summed E-state index contributed by atoms with van der Waals surface area (Å²) in [6, 6.07) is 0. The summed E-state index contributed by atoms with van der Waals surface area (Å²) in [6.07, 6.45) is 13.7. The van der Waals surface area contributed by atoms with Gasteiger partial charge in [0.05, 0.1) is 0 Å². The zero-order chi connectivity index (χ0) is 11.6. The first-order valence-electron chi connectivity index (χ1n) is 6.70. The number of carbonyl (C=O) groups excluding carboxylic acids is 1. The van der Waals surface area contributed by atoms with Gasteiger partial charge in [-0.2, -0.15) is 0 Å². The maximum absolute atomic E-state index is 11.7. The van der Waals surface area contributed by atoms with E-state index in [1.165, 1.54) is 38.5 Å². The van der Waals surface area contributed by atoms with E-state index in [1.807, 2.05) is 13.0 Å². The first-order chi connectivity index (χ1) is 7.83. The molecular weight excluding hydrogens is 198 g/mol. The van der Waals surface area contributed by atoms with E-state index in [0.717, 1.165) is 19.4 Å². The Morgan fingerprint density at radius 2 is 1.94 bits per heavy atom. The first-order valence-corrected chi connectivity index (χ1v) is 6.70. The molecule has 0 aromatic carbocycles. The lowest BCUT2D eigenvalue weighted by atomic mass is 9.96. The highest BCUT2D eigenvalue weighted by molar-refractivity contribution is 5.76. The zero-order valence-corrected chi connectivity index (χ0v) is 10.5. The van der Waals surface area contributed by atoms with Crippen LogP contribution in [0.2, 0.25) is 0 Å². The monoisotopic (exact) mass is 223 g/mol. The van der Waals surface area contributed by atoms with Gasteiger partial charge >= 0.3 is 0 Å². The van der Waals surface area contributed by atoms with E-state index in [2.05, 4.69) is 11.4 Å². The average Bonchev–Trinajstić information content (AvgIpc) is 2.53. The number of rotatable bonds is 5. The summed E-state index contributed by atoms with van der Waals surface area (Å²) in [5.41, 5.74) is 0. The second kappa shape index (κ2) is 8.37. The third-order valence-electron chi connectivity index (χ3n) is 3.32. The fourth-order valence-electron chi connectivity index (χ4n) is 2.36. The van der Waals surface area contributed by atoms with Crippen LogP contribution in [0.15, 0.2) is 12.2 Å². The maximum Gasteiger partial charge on any atom is 0.220 e. The Morgan fingerprint density at radius 3 is 2.56 bits per heavy atom. The Morgan fingerprint density at radius 1 is 1.25 bits per heavy atom. The molecule has 1 N–H and O–H groups in total. The number of amides is 1. The van der Waals surface area contributed by atoms with Crippen molar-refractivity contribution in [3.8, 4) is 0 Å². The predicted octanol–water partition coefficient (Wildman–Crippen LogP) is 3.43. The Balaban J connectivity index is 2.12. The zero-order valence-electron chi connectivity index (χ0n) is 10.5. The van der Waals surface area contributed by atoms with E-state index < -0.39 is 0 Å². The minimum absolute atomic E-state index is 0.247. The summed E-state index contributed by atoms with van der Waals surface area (Å²) in [5.74, 6) is 0.889. The van der Waals surface area contributed by atoms with E-state index in [9.17, 15) is 4.79 Å². The molecule has 16 heavy (non-hydrogen) atoms. The molecule has 0 aromatic rings. The molecule has 0 unspecified atom stereocenters. The van der Waals surface area contributed by atoms with Crippen LogP contribution in [0.25, 0.3) is 0 Å². The van der Waals surface area contributed by atoms with Crippen molar-refractivity contribution < 1.29 is 4.79 Å². The van der Waals surface area contributed by atoms with Gasteiger partial charge in [-0.1, -0.05) is 37.8 Å². The molecule has 0 bridgehead atoms. The van der Waals surface area contributed by atoms with Crippen LogP contribution in [0.5, 0.6) is 0 Å². The van der Waals surface area contributed by atoms with Crippen molar-refractivity contribution in [3.63, 3.8) is 0 Å². The van der Waals surface area contributed by atoms with Crippen molar-refractivity contribution in [1.29, 1.82) is 0 Å². The number of carbonyl (C=O) groups is 1. The molecule has 92 valence electrons. The van der Waals surface area contributed by atoms with E-state index in [-0.39, 0.29) is 5.91 Å². The van der Waals surface area contributed by atoms with Gasteiger partial charge in [-0.3, -0.25) is 4.79 Å². The molecule has 2 heteroatoms. The summed E-state index contributed by atoms with van der Waals surface area (Å²) in [5, 5.41) is 2.99. The minimum atomic E-state index is 0.247. The van der Waals surface area contributed by atoms with Crippen LogP contribution in [0.1, 0.15) is 58.3 Å². The van der Waals surface area contributed by atoms with Gasteiger partial charge in [-0.25, -0.2) is 0 Å². The van der Waals surface area contributed by atoms with Crippen molar-refractivity contribution in [1.82, 2.24) is 5.32 Å². The van der Waals surface area contributed by atoms with E-state index >= 15 is 0 Å². The summed E-state index contributed by atoms with van der Waals surface area (Å²) in [7, 11) is 0. The van der Waals surface area contributed by atoms with Gasteiger partial charge in [0.2, 0.25) is 5.91 Å². The number of nitrogens with one attached hydrogen (secondary N) is 1. The second-order valence-electron chi connectivity index (χ2n) is 4.77. The Kier molecular flexibility index (Phi) is 6.95. The van der Waals surface area contributed by atoms with Gasteiger partial charge in [-0.15, -0.1) is 0 Å². The third kappa shape index (κ3) is 5.94. The fraction of sp³-hybridized carbons (Fsp3) is 0.786. The largest absolute Gasteiger partial charge is 0.356 e. The van der Waals surface area contributed by atoms with Crippen LogP contribution in [0.3, 0.4) is 0 Å². The van der Waals surface area contributed by atoms with Crippen molar-refractivity contribution in [2.45, 2.75) is 58.3 Å². The molecule has 1 aliphatic rings. The first kappa shape index (κ1) is 13.3. The van der Waals surface area contributed by atoms with Crippen molar-refractivity contribution in [2.24, 2.45) is 5.92 Å². The standard InChI is InChI=1S/C14H25NO/c1-2-3-8-11-15-14(16)12-13-9-6-4-5-7-10-13/h2-3,13H,4-12H2,1H3,(H,15,16)/b3-2+. The lowest BCUT2D eigenvalue weighted by Crippen LogP contribution is -2.26. The highest BCUT2D eigenvalue weighted by Gasteiger charge is 2.15. The molecule has 0 radical (unpaired) electrons. The molecule has 2 nitrogen and oxygen atoms in total. The molecule has 1 amide bonds. The van der Waals surface area contributed by atoms with Crippen LogP contribution in [-0.2, 0) is 4.79 Å². The molecule has 0 aliphatic heterocycles. The number of hydrogen-bond donors (Lipinski definition) is 1. The third-order valence-corrected chi connectivity index (χ3v) is 3.32. The summed E-state index contributed by atoms with van der Waals surface area (Å²) in [6.45, 7) is 2.79. The van der Waals surface area contributed by atoms with Gasteiger partial charge in [0.25, 0.3) is 0 Å². The molecule has 0 saturated heterocycles. The van der Waals surface area contributed by atoms with Gasteiger partial charge in [-0.05, 0) is 32.1 Å². The maximum atomic E-state index is 11.7. The van der Waals surface area contributed by atoms with Crippen LogP contribution in [0, 0.1) is 5.92 Å². The van der Waals surface area contributed by atoms with Crippen LogP contribution < -0.4 is 5.32 Å². The highest BCUT2D eigenvalue weighted by Crippen LogP contribution is 2.25. The molecule has 0 atom stereocenters. The summed E-state index contributed by atoms with van der Waals surface area (Å²) >= 11 is 0. The van der Waals surface area contributed by atoms with Crippen LogP contribution in [0.4, 0.5) is 0 Å². The minimum Gasteiger partial charge on any atom is -0.356 e. The molecule has 1 rings (SSSR count). The molecule has 0 aromatic heterocycles. The Labute approximate surface area is 99.5 Å². The smallest absolute Gasteiger partial charge is 0.220 e. The van der Waals surface area contributed by atoms with Gasteiger partial charge in [0.15, 0.2) is 0 Å². The van der Waals surface area contributed by atoms with Crippen molar-refractivity contribution >= 4 is 5.91 Å². The fourth-order valence-corrected chi connectivity index (χ4v) is 2.36. The Hall–Kier alpha value is -0.790. The van der Waals surface area contributed by atoms with Crippen LogP contribution >= 0.6 is 0 Å². The lowest BCUT2D eigenvalue weighted by Gasteiger charge is -2.13. The summed E-state index contributed by atoms with van der Waals surface area (Å²) in [4.78, 5) is 11.7. The van der Waals surface area contributed by atoms with E-state index in [0.29, 0.717) is 5.92 Å². The molecular formula is C14H25NO. The van der Waals surface area contributed by atoms with Gasteiger partial charge in [0, 0.05) is 13.0 Å². The molecule has 1 saturated carbocycles. The molecule has 0 heterocycles. The molecule has 1 fully saturated rings. The number of hydrogen-bond acceptors (Lipinski definition) is 1. The van der Waals surface area contributed by atoms with E-state index in [1.54, 1.807) is 0 Å².